The van der Waals surface area contributed by atoms with Crippen molar-refractivity contribution in [2.24, 2.45) is 4.99 Å². The molecule has 136 valence electrons. The number of H-pyrrole nitrogens is 1. The highest BCUT2D eigenvalue weighted by Gasteiger charge is 2.34. The van der Waals surface area contributed by atoms with Crippen LogP contribution in [0.2, 0.25) is 0 Å². The van der Waals surface area contributed by atoms with Crippen LogP contribution in [0, 0.1) is 0 Å². The number of aliphatic imine (C=N–C) groups is 1. The van der Waals surface area contributed by atoms with Gasteiger partial charge in [0.05, 0.1) is 29.6 Å². The van der Waals surface area contributed by atoms with Gasteiger partial charge in [0, 0.05) is 30.9 Å². The number of benzene rings is 2. The highest BCUT2D eigenvalue weighted by Crippen LogP contribution is 2.39. The minimum absolute atomic E-state index is 0.0780. The number of hydrogen-bond acceptors (Lipinski definition) is 4. The number of ether oxygens (including phenoxy) is 1. The number of nitrogens with one attached hydrogen (secondary N) is 1. The average Bonchev–Trinajstić information content (AvgIpc) is 3.20. The number of amides is 1. The molecule has 27 heavy (non-hydrogen) atoms. The van der Waals surface area contributed by atoms with Gasteiger partial charge in [0.15, 0.2) is 5.88 Å². The lowest BCUT2D eigenvalue weighted by molar-refractivity contribution is 0.101. The van der Waals surface area contributed by atoms with Crippen molar-refractivity contribution in [2.75, 3.05) is 26.1 Å². The molecule has 0 fully saturated rings. The van der Waals surface area contributed by atoms with E-state index in [0.717, 1.165) is 11.3 Å². The standard InChI is InChI=1S/C21H19N3O3/c1-24(2)13-8-6-7-12(11-13)18-16-17(21(26)22-18)19(23-20(16)25)14-9-4-5-10-15(14)27-3/h4-11,22,26H,1-3H3. The first-order chi connectivity index (χ1) is 13.0. The highest BCUT2D eigenvalue weighted by molar-refractivity contribution is 6.31. The number of fused-ring (bicyclic) bond motifs is 1. The van der Waals surface area contributed by atoms with Crippen molar-refractivity contribution >= 4 is 17.3 Å². The Kier molecular flexibility index (Phi) is 3.96. The van der Waals surface area contributed by atoms with Gasteiger partial charge in [0.2, 0.25) is 0 Å². The quantitative estimate of drug-likeness (QED) is 0.746. The number of aromatic amines is 1. The molecular weight excluding hydrogens is 342 g/mol. The lowest BCUT2D eigenvalue weighted by atomic mass is 9.99. The van der Waals surface area contributed by atoms with Crippen molar-refractivity contribution in [3.05, 3.63) is 65.2 Å². The van der Waals surface area contributed by atoms with Crippen molar-refractivity contribution in [3.8, 4) is 22.9 Å². The van der Waals surface area contributed by atoms with Gasteiger partial charge < -0.3 is 19.7 Å². The summed E-state index contributed by atoms with van der Waals surface area (Å²) in [5, 5.41) is 10.6. The summed E-state index contributed by atoms with van der Waals surface area (Å²) in [5.74, 6) is 0.132. The van der Waals surface area contributed by atoms with Gasteiger partial charge in [-0.15, -0.1) is 0 Å². The van der Waals surface area contributed by atoms with Gasteiger partial charge in [-0.05, 0) is 24.3 Å². The van der Waals surface area contributed by atoms with Gasteiger partial charge in [-0.25, -0.2) is 4.99 Å². The van der Waals surface area contributed by atoms with Gasteiger partial charge in [-0.3, -0.25) is 4.79 Å². The number of hydrogen-bond donors (Lipinski definition) is 2. The van der Waals surface area contributed by atoms with Crippen molar-refractivity contribution < 1.29 is 14.6 Å². The van der Waals surface area contributed by atoms with E-state index >= 15 is 0 Å². The van der Waals surface area contributed by atoms with Crippen LogP contribution in [0.4, 0.5) is 5.69 Å². The van der Waals surface area contributed by atoms with Crippen LogP contribution < -0.4 is 9.64 Å². The molecule has 3 aromatic rings. The fourth-order valence-electron chi connectivity index (χ4n) is 3.34. The summed E-state index contributed by atoms with van der Waals surface area (Å²) >= 11 is 0. The zero-order valence-electron chi connectivity index (χ0n) is 15.3. The van der Waals surface area contributed by atoms with Crippen molar-refractivity contribution in [3.63, 3.8) is 0 Å². The molecule has 0 radical (unpaired) electrons. The second-order valence-electron chi connectivity index (χ2n) is 6.51. The predicted molar refractivity (Wildman–Crippen MR) is 105 cm³/mol. The molecular formula is C21H19N3O3. The van der Waals surface area contributed by atoms with Crippen molar-refractivity contribution in [2.45, 2.75) is 0 Å². The molecule has 1 aromatic heterocycles. The third-order valence-electron chi connectivity index (χ3n) is 4.66. The molecule has 1 aliphatic heterocycles. The molecule has 6 nitrogen and oxygen atoms in total. The first-order valence-electron chi connectivity index (χ1n) is 8.50. The number of rotatable bonds is 4. The van der Waals surface area contributed by atoms with Gasteiger partial charge in [-0.2, -0.15) is 0 Å². The molecule has 0 bridgehead atoms. The summed E-state index contributed by atoms with van der Waals surface area (Å²) in [7, 11) is 5.46. The maximum Gasteiger partial charge on any atom is 0.280 e. The Morgan fingerprint density at radius 1 is 1.07 bits per heavy atom. The van der Waals surface area contributed by atoms with E-state index < -0.39 is 0 Å². The predicted octanol–water partition coefficient (Wildman–Crippen LogP) is 3.45. The minimum Gasteiger partial charge on any atom is -0.496 e. The Balaban J connectivity index is 1.88. The summed E-state index contributed by atoms with van der Waals surface area (Å²) in [5.41, 5.74) is 4.23. The molecule has 2 N–H and O–H groups in total. The number of anilines is 1. The molecule has 0 aliphatic carbocycles. The Hall–Kier alpha value is -3.54. The van der Waals surface area contributed by atoms with E-state index in [4.69, 9.17) is 4.74 Å². The lowest BCUT2D eigenvalue weighted by Gasteiger charge is -2.13. The van der Waals surface area contributed by atoms with Crippen LogP contribution in [0.25, 0.3) is 11.3 Å². The zero-order chi connectivity index (χ0) is 19.1. The van der Waals surface area contributed by atoms with Crippen LogP contribution in [-0.2, 0) is 0 Å². The molecule has 1 aliphatic rings. The molecule has 2 heterocycles. The van der Waals surface area contributed by atoms with Gasteiger partial charge >= 0.3 is 0 Å². The summed E-state index contributed by atoms with van der Waals surface area (Å²) in [4.78, 5) is 21.8. The van der Waals surface area contributed by atoms with Gasteiger partial charge in [-0.1, -0.05) is 24.3 Å². The lowest BCUT2D eigenvalue weighted by Crippen LogP contribution is -2.08. The summed E-state index contributed by atoms with van der Waals surface area (Å²) < 4.78 is 5.39. The zero-order valence-corrected chi connectivity index (χ0v) is 15.3. The largest absolute Gasteiger partial charge is 0.496 e. The normalized spacial score (nSPS) is 12.7. The summed E-state index contributed by atoms with van der Waals surface area (Å²) in [6.07, 6.45) is 0. The highest BCUT2D eigenvalue weighted by atomic mass is 16.5. The van der Waals surface area contributed by atoms with E-state index in [1.807, 2.05) is 61.5 Å². The number of aromatic nitrogens is 1. The number of carbonyl (C=O) groups excluding carboxylic acids is 1. The number of aromatic hydroxyl groups is 1. The fourth-order valence-corrected chi connectivity index (χ4v) is 3.34. The topological polar surface area (TPSA) is 77.9 Å². The molecule has 0 atom stereocenters. The van der Waals surface area contributed by atoms with E-state index in [1.165, 1.54) is 0 Å². The van der Waals surface area contributed by atoms with E-state index in [2.05, 4.69) is 9.98 Å². The first-order valence-corrected chi connectivity index (χ1v) is 8.50. The van der Waals surface area contributed by atoms with Gasteiger partial charge in [0.25, 0.3) is 5.91 Å². The van der Waals surface area contributed by atoms with Crippen LogP contribution in [0.5, 0.6) is 11.6 Å². The number of carbonyl (C=O) groups is 1. The van der Waals surface area contributed by atoms with Gasteiger partial charge in [0.1, 0.15) is 5.75 Å². The average molecular weight is 361 g/mol. The van der Waals surface area contributed by atoms with Crippen LogP contribution in [0.3, 0.4) is 0 Å². The molecule has 0 saturated heterocycles. The van der Waals surface area contributed by atoms with Crippen LogP contribution in [-0.4, -0.2) is 42.9 Å². The monoisotopic (exact) mass is 361 g/mol. The second-order valence-corrected chi connectivity index (χ2v) is 6.51. The second kappa shape index (κ2) is 6.32. The first kappa shape index (κ1) is 16.9. The summed E-state index contributed by atoms with van der Waals surface area (Å²) in [6.45, 7) is 0. The van der Waals surface area contributed by atoms with E-state index in [9.17, 15) is 9.90 Å². The summed E-state index contributed by atoms with van der Waals surface area (Å²) in [6, 6.07) is 15.0. The van der Waals surface area contributed by atoms with Crippen LogP contribution >= 0.6 is 0 Å². The number of nitrogens with zero attached hydrogens (tertiary/aromatic N) is 2. The smallest absolute Gasteiger partial charge is 0.280 e. The van der Waals surface area contributed by atoms with Crippen LogP contribution in [0.1, 0.15) is 21.5 Å². The molecule has 0 saturated carbocycles. The van der Waals surface area contributed by atoms with Crippen molar-refractivity contribution in [1.82, 2.24) is 4.98 Å². The molecule has 4 rings (SSSR count). The number of para-hydroxylation sites is 1. The van der Waals surface area contributed by atoms with Crippen molar-refractivity contribution in [1.29, 1.82) is 0 Å². The Bertz CT molecular complexity index is 1080. The molecule has 2 aromatic carbocycles. The Morgan fingerprint density at radius 3 is 2.59 bits per heavy atom. The third-order valence-corrected chi connectivity index (χ3v) is 4.66. The maximum atomic E-state index is 12.7. The minimum atomic E-state index is -0.382. The molecule has 0 spiro atoms. The number of methoxy groups -OCH3 is 1. The van der Waals surface area contributed by atoms with E-state index in [-0.39, 0.29) is 11.8 Å². The Morgan fingerprint density at radius 2 is 1.85 bits per heavy atom. The maximum absolute atomic E-state index is 12.7. The van der Waals surface area contributed by atoms with E-state index in [0.29, 0.717) is 33.8 Å². The van der Waals surface area contributed by atoms with Crippen LogP contribution in [0.15, 0.2) is 53.5 Å². The third kappa shape index (κ3) is 2.66. The molecule has 6 heteroatoms. The SMILES string of the molecule is COc1ccccc1C1=NC(=O)c2c(-c3cccc(N(C)C)c3)[nH]c(O)c21. The van der Waals surface area contributed by atoms with E-state index in [1.54, 1.807) is 13.2 Å². The molecule has 0 unspecified atom stereocenters. The Labute approximate surface area is 156 Å². The molecule has 1 amide bonds. The fraction of sp³-hybridized carbons (Fsp3) is 0.143.